The van der Waals surface area contributed by atoms with Gasteiger partial charge in [-0.2, -0.15) is 0 Å². The quantitative estimate of drug-likeness (QED) is 0.550. The van der Waals surface area contributed by atoms with Crippen LogP contribution in [0.2, 0.25) is 0 Å². The summed E-state index contributed by atoms with van der Waals surface area (Å²) in [6.07, 6.45) is 0. The number of aromatic nitrogens is 2. The van der Waals surface area contributed by atoms with Crippen molar-refractivity contribution in [2.24, 2.45) is 0 Å². The minimum Gasteiger partial charge on any atom is -1.00 e. The van der Waals surface area contributed by atoms with Crippen LogP contribution < -0.4 is 22.4 Å². The zero-order valence-electron chi connectivity index (χ0n) is 14.3. The van der Waals surface area contributed by atoms with E-state index in [0.717, 1.165) is 21.5 Å². The van der Waals surface area contributed by atoms with E-state index < -0.39 is 0 Å². The smallest absolute Gasteiger partial charge is 0.304 e. The third-order valence-corrected chi connectivity index (χ3v) is 4.85. The molecule has 0 amide bonds. The zero-order valence-corrected chi connectivity index (χ0v) is 15.8. The minimum atomic E-state index is 0. The summed E-state index contributed by atoms with van der Waals surface area (Å²) in [7, 11) is 0. The molecule has 5 heteroatoms. The topological polar surface area (TPSA) is 28.8 Å². The molecule has 0 atom stereocenters. The monoisotopic (exact) mass is 379 g/mol. The van der Waals surface area contributed by atoms with Crippen LogP contribution in [0.15, 0.2) is 84.9 Å². The van der Waals surface area contributed by atoms with Crippen LogP contribution in [-0.2, 0) is 0 Å². The van der Waals surface area contributed by atoms with Gasteiger partial charge in [-0.1, -0.05) is 54.1 Å². The number of hydrogen-bond acceptors (Lipinski definition) is 3. The fourth-order valence-electron chi connectivity index (χ4n) is 2.69. The minimum absolute atomic E-state index is 0. The molecule has 3 aromatic carbocycles. The first-order valence-corrected chi connectivity index (χ1v) is 8.99. The van der Waals surface area contributed by atoms with Crippen molar-refractivity contribution in [3.63, 3.8) is 0 Å². The molecule has 0 aliphatic rings. The summed E-state index contributed by atoms with van der Waals surface area (Å²) in [5.41, 5.74) is 4.49. The normalized spacial score (nSPS) is 10.2. The molecule has 0 spiro atoms. The Bertz CT molecular complexity index is 985. The maximum absolute atomic E-state index is 4.81. The van der Waals surface area contributed by atoms with E-state index in [1.807, 2.05) is 53.2 Å². The maximum Gasteiger partial charge on any atom is 0.304 e. The molecule has 4 rings (SSSR count). The maximum atomic E-state index is 4.81. The number of para-hydroxylation sites is 2. The molecule has 1 aromatic heterocycles. The third-order valence-electron chi connectivity index (χ3n) is 3.87. The van der Waals surface area contributed by atoms with Crippen molar-refractivity contribution < 1.29 is 17.1 Å². The molecule has 26 heavy (non-hydrogen) atoms. The molecule has 0 saturated carbocycles. The average molecular weight is 380 g/mol. The first-order valence-electron chi connectivity index (χ1n) is 8.17. The van der Waals surface area contributed by atoms with Gasteiger partial charge in [0, 0.05) is 22.9 Å². The van der Waals surface area contributed by atoms with Crippen molar-refractivity contribution in [2.75, 3.05) is 5.32 Å². The number of halogens is 1. The van der Waals surface area contributed by atoms with Gasteiger partial charge >= 0.3 is 5.01 Å². The van der Waals surface area contributed by atoms with Crippen LogP contribution in [0.4, 0.5) is 10.8 Å². The third kappa shape index (κ3) is 3.93. The molecular formula is C21H18ClN3S. The number of hydrogen-bond donors (Lipinski definition) is 1. The second-order valence-electron chi connectivity index (χ2n) is 5.82. The van der Waals surface area contributed by atoms with Crippen LogP contribution in [0, 0.1) is 6.92 Å². The highest BCUT2D eigenvalue weighted by molar-refractivity contribution is 7.18. The highest BCUT2D eigenvalue weighted by atomic mass is 35.5. The Labute approximate surface area is 163 Å². The Morgan fingerprint density at radius 2 is 1.54 bits per heavy atom. The summed E-state index contributed by atoms with van der Waals surface area (Å²) >= 11 is 1.65. The molecule has 1 heterocycles. The van der Waals surface area contributed by atoms with E-state index in [-0.39, 0.29) is 12.4 Å². The molecule has 0 fully saturated rings. The number of rotatable bonds is 4. The van der Waals surface area contributed by atoms with E-state index in [0.29, 0.717) is 0 Å². The molecule has 130 valence electrons. The van der Waals surface area contributed by atoms with Crippen molar-refractivity contribution in [1.82, 2.24) is 5.10 Å². The van der Waals surface area contributed by atoms with Crippen LogP contribution in [0.5, 0.6) is 0 Å². The standard InChI is InChI=1S/C21H18N3S.ClH/c1-16-9-8-10-17(15-16)20-24(19-13-6-3-7-14-19)23-21(25-20)22-18-11-4-2-5-12-18;/h2-15H,1H3,(H,22,23);1H/q+1;/p-1. The lowest BCUT2D eigenvalue weighted by molar-refractivity contribution is -0.642. The van der Waals surface area contributed by atoms with Crippen LogP contribution >= 0.6 is 11.3 Å². The summed E-state index contributed by atoms with van der Waals surface area (Å²) in [6, 6.07) is 28.9. The number of nitrogens with zero attached hydrogens (tertiary/aromatic N) is 2. The number of benzene rings is 3. The lowest BCUT2D eigenvalue weighted by Gasteiger charge is -1.97. The van der Waals surface area contributed by atoms with Gasteiger partial charge in [-0.25, -0.2) is 0 Å². The van der Waals surface area contributed by atoms with Gasteiger partial charge in [-0.3, -0.25) is 0 Å². The van der Waals surface area contributed by atoms with Gasteiger partial charge in [0.2, 0.25) is 5.69 Å². The molecule has 0 saturated heterocycles. The fourth-order valence-corrected chi connectivity index (χ4v) is 3.64. The summed E-state index contributed by atoms with van der Waals surface area (Å²) in [5.74, 6) is 0. The Balaban J connectivity index is 0.00000196. The summed E-state index contributed by atoms with van der Waals surface area (Å²) in [5, 5.41) is 10.2. The van der Waals surface area contributed by atoms with Gasteiger partial charge in [-0.15, -0.1) is 0 Å². The fraction of sp³-hybridized carbons (Fsp3) is 0.0476. The first-order chi connectivity index (χ1) is 12.3. The molecule has 0 aliphatic carbocycles. The predicted molar refractivity (Wildman–Crippen MR) is 104 cm³/mol. The van der Waals surface area contributed by atoms with E-state index in [2.05, 4.69) is 48.6 Å². The molecule has 0 unspecified atom stereocenters. The van der Waals surface area contributed by atoms with Crippen molar-refractivity contribution in [3.8, 4) is 16.3 Å². The highest BCUT2D eigenvalue weighted by Gasteiger charge is 2.24. The van der Waals surface area contributed by atoms with Crippen molar-refractivity contribution in [3.05, 3.63) is 90.5 Å². The van der Waals surface area contributed by atoms with E-state index in [1.165, 1.54) is 11.1 Å². The second kappa shape index (κ2) is 8.13. The Kier molecular flexibility index (Phi) is 5.66. The first kappa shape index (κ1) is 18.1. The van der Waals surface area contributed by atoms with Gasteiger partial charge in [0.05, 0.1) is 5.56 Å². The Morgan fingerprint density at radius 1 is 0.846 bits per heavy atom. The van der Waals surface area contributed by atoms with E-state index in [4.69, 9.17) is 5.10 Å². The molecular weight excluding hydrogens is 362 g/mol. The van der Waals surface area contributed by atoms with Crippen LogP contribution in [0.3, 0.4) is 0 Å². The predicted octanol–water partition coefficient (Wildman–Crippen LogP) is 2.14. The molecule has 0 bridgehead atoms. The van der Waals surface area contributed by atoms with Crippen LogP contribution in [0.1, 0.15) is 5.56 Å². The van der Waals surface area contributed by atoms with Gasteiger partial charge in [-0.05, 0) is 47.2 Å². The molecule has 1 N–H and O–H groups in total. The van der Waals surface area contributed by atoms with E-state index >= 15 is 0 Å². The molecule has 4 aromatic rings. The summed E-state index contributed by atoms with van der Waals surface area (Å²) in [4.78, 5) is 0. The zero-order chi connectivity index (χ0) is 17.1. The largest absolute Gasteiger partial charge is 1.00 e. The van der Waals surface area contributed by atoms with Crippen molar-refractivity contribution >= 4 is 22.2 Å². The van der Waals surface area contributed by atoms with E-state index in [1.54, 1.807) is 11.3 Å². The summed E-state index contributed by atoms with van der Waals surface area (Å²) < 4.78 is 2.00. The second-order valence-corrected chi connectivity index (χ2v) is 6.80. The molecule has 0 radical (unpaired) electrons. The summed E-state index contributed by atoms with van der Waals surface area (Å²) in [6.45, 7) is 2.11. The van der Waals surface area contributed by atoms with Crippen molar-refractivity contribution in [2.45, 2.75) is 6.92 Å². The van der Waals surface area contributed by atoms with Crippen LogP contribution in [-0.4, -0.2) is 5.10 Å². The molecule has 3 nitrogen and oxygen atoms in total. The average Bonchev–Trinajstić information content (AvgIpc) is 3.07. The SMILES string of the molecule is Cc1cccc(-c2sc(Nc3ccccc3)n[n+]2-c2ccccc2)c1.[Cl-]. The lowest BCUT2D eigenvalue weighted by Crippen LogP contribution is -3.00. The van der Waals surface area contributed by atoms with E-state index in [9.17, 15) is 0 Å². The lowest BCUT2D eigenvalue weighted by atomic mass is 10.1. The number of nitrogens with one attached hydrogen (secondary N) is 1. The highest BCUT2D eigenvalue weighted by Crippen LogP contribution is 2.28. The van der Waals surface area contributed by atoms with Gasteiger partial charge < -0.3 is 17.7 Å². The number of aryl methyl sites for hydroxylation is 1. The Morgan fingerprint density at radius 3 is 2.23 bits per heavy atom. The number of anilines is 2. The molecule has 0 aliphatic heterocycles. The van der Waals surface area contributed by atoms with Gasteiger partial charge in [0.1, 0.15) is 0 Å². The Hall–Kier alpha value is -2.69. The van der Waals surface area contributed by atoms with Crippen LogP contribution in [0.25, 0.3) is 16.3 Å². The van der Waals surface area contributed by atoms with Crippen molar-refractivity contribution in [1.29, 1.82) is 0 Å². The van der Waals surface area contributed by atoms with Gasteiger partial charge in [0.25, 0.3) is 5.13 Å². The van der Waals surface area contributed by atoms with Gasteiger partial charge in [0.15, 0.2) is 0 Å².